The van der Waals surface area contributed by atoms with Gasteiger partial charge >= 0.3 is 0 Å². The quantitative estimate of drug-likeness (QED) is 0.842. The Morgan fingerprint density at radius 3 is 2.48 bits per heavy atom. The summed E-state index contributed by atoms with van der Waals surface area (Å²) < 4.78 is 48.5. The number of nitrogens with zero attached hydrogens (tertiary/aromatic N) is 1. The molecule has 1 aliphatic carbocycles. The molecule has 0 spiro atoms. The molecule has 5 nitrogen and oxygen atoms in total. The maximum absolute atomic E-state index is 13.0. The van der Waals surface area contributed by atoms with E-state index in [9.17, 15) is 22.0 Å². The van der Waals surface area contributed by atoms with Gasteiger partial charge in [0.2, 0.25) is 11.8 Å². The number of carbonyl (C=O) groups is 1. The van der Waals surface area contributed by atoms with Crippen LogP contribution in [0.4, 0.5) is 13.9 Å². The van der Waals surface area contributed by atoms with Crippen LogP contribution in [-0.4, -0.2) is 25.2 Å². The largest absolute Gasteiger partial charge is 0.302 e. The first-order valence-electron chi connectivity index (χ1n) is 6.19. The highest BCUT2D eigenvalue weighted by Crippen LogP contribution is 2.37. The second-order valence-corrected chi connectivity index (χ2v) is 8.71. The van der Waals surface area contributed by atoms with E-state index in [1.807, 2.05) is 0 Å². The number of amides is 1. The lowest BCUT2D eigenvalue weighted by molar-refractivity contribution is -0.124. The summed E-state index contributed by atoms with van der Waals surface area (Å²) >= 11 is 0.747. The van der Waals surface area contributed by atoms with Crippen LogP contribution >= 0.6 is 22.0 Å². The number of anilines is 1. The van der Waals surface area contributed by atoms with E-state index in [2.05, 4.69) is 10.3 Å². The van der Waals surface area contributed by atoms with Crippen LogP contribution in [0.25, 0.3) is 0 Å². The predicted octanol–water partition coefficient (Wildman–Crippen LogP) is 3.14. The molecule has 0 aromatic carbocycles. The van der Waals surface area contributed by atoms with Crippen molar-refractivity contribution >= 4 is 42.1 Å². The summed E-state index contributed by atoms with van der Waals surface area (Å²) in [5, 5.41) is 2.58. The van der Waals surface area contributed by atoms with E-state index < -0.39 is 26.8 Å². The zero-order valence-corrected chi connectivity index (χ0v) is 13.4. The predicted molar refractivity (Wildman–Crippen MR) is 75.4 cm³/mol. The van der Waals surface area contributed by atoms with Gasteiger partial charge in [-0.05, 0) is 19.8 Å². The second kappa shape index (κ2) is 5.77. The minimum absolute atomic E-state index is 0.101. The molecule has 1 saturated carbocycles. The smallest absolute Gasteiger partial charge is 0.272 e. The van der Waals surface area contributed by atoms with Gasteiger partial charge < -0.3 is 5.32 Å². The number of thiazole rings is 1. The molecular formula is C11H13ClF2N2O3S2. The minimum Gasteiger partial charge on any atom is -0.302 e. The highest BCUT2D eigenvalue weighted by atomic mass is 35.7. The Labute approximate surface area is 129 Å². The first-order valence-corrected chi connectivity index (χ1v) is 9.32. The molecule has 1 aliphatic rings. The van der Waals surface area contributed by atoms with Crippen LogP contribution in [0.5, 0.6) is 0 Å². The normalized spacial score (nSPS) is 19.4. The van der Waals surface area contributed by atoms with E-state index >= 15 is 0 Å². The van der Waals surface area contributed by atoms with Crippen LogP contribution in [0.2, 0.25) is 0 Å². The van der Waals surface area contributed by atoms with Crippen LogP contribution in [0.3, 0.4) is 0 Å². The van der Waals surface area contributed by atoms with E-state index in [0.29, 0.717) is 0 Å². The SMILES string of the molecule is Cc1nc(NC(=O)C2CCC(F)(F)CC2)sc1S(=O)(=O)Cl. The summed E-state index contributed by atoms with van der Waals surface area (Å²) in [6.45, 7) is 1.46. The summed E-state index contributed by atoms with van der Waals surface area (Å²) in [5.74, 6) is -3.63. The van der Waals surface area contributed by atoms with Crippen molar-refractivity contribution in [3.05, 3.63) is 5.69 Å². The Hall–Kier alpha value is -0.800. The molecule has 1 aromatic heterocycles. The Morgan fingerprint density at radius 1 is 1.43 bits per heavy atom. The number of carbonyl (C=O) groups excluding carboxylic acids is 1. The van der Waals surface area contributed by atoms with Gasteiger partial charge in [0.15, 0.2) is 9.34 Å². The van der Waals surface area contributed by atoms with Crippen molar-refractivity contribution < 1.29 is 22.0 Å². The lowest BCUT2D eigenvalue weighted by Crippen LogP contribution is -2.31. The number of aromatic nitrogens is 1. The van der Waals surface area contributed by atoms with E-state index in [-0.39, 0.29) is 40.7 Å². The molecule has 1 heterocycles. The first-order chi connectivity index (χ1) is 9.58. The molecule has 0 unspecified atom stereocenters. The highest BCUT2D eigenvalue weighted by Gasteiger charge is 2.37. The van der Waals surface area contributed by atoms with Gasteiger partial charge in [-0.15, -0.1) is 0 Å². The molecule has 0 radical (unpaired) electrons. The van der Waals surface area contributed by atoms with Gasteiger partial charge in [0, 0.05) is 29.4 Å². The second-order valence-electron chi connectivity index (χ2n) is 4.95. The third-order valence-corrected chi connectivity index (χ3v) is 6.54. The fourth-order valence-electron chi connectivity index (χ4n) is 2.17. The van der Waals surface area contributed by atoms with Crippen LogP contribution in [0, 0.1) is 12.8 Å². The van der Waals surface area contributed by atoms with Crippen molar-refractivity contribution in [2.75, 3.05) is 5.32 Å². The number of alkyl halides is 2. The van der Waals surface area contributed by atoms with Gasteiger partial charge in [-0.2, -0.15) is 0 Å². The number of nitrogens with one attached hydrogen (secondary N) is 1. The molecule has 1 aromatic rings. The molecule has 0 saturated heterocycles. The molecule has 10 heteroatoms. The fraction of sp³-hybridized carbons (Fsp3) is 0.636. The average molecular weight is 359 g/mol. The van der Waals surface area contributed by atoms with E-state index in [1.165, 1.54) is 6.92 Å². The molecule has 0 bridgehead atoms. The maximum Gasteiger partial charge on any atom is 0.272 e. The zero-order valence-electron chi connectivity index (χ0n) is 11.0. The molecule has 118 valence electrons. The van der Waals surface area contributed by atoms with E-state index in [4.69, 9.17) is 10.7 Å². The van der Waals surface area contributed by atoms with Crippen molar-refractivity contribution in [1.82, 2.24) is 4.98 Å². The summed E-state index contributed by atoms with van der Waals surface area (Å²) in [6, 6.07) is 0. The summed E-state index contributed by atoms with van der Waals surface area (Å²) in [5.41, 5.74) is 0.195. The Balaban J connectivity index is 2.04. The number of halogens is 3. The molecule has 1 N–H and O–H groups in total. The topological polar surface area (TPSA) is 76.1 Å². The van der Waals surface area contributed by atoms with E-state index in [1.54, 1.807) is 0 Å². The van der Waals surface area contributed by atoms with Gasteiger partial charge in [-0.3, -0.25) is 4.79 Å². The molecule has 21 heavy (non-hydrogen) atoms. The molecule has 0 atom stereocenters. The van der Waals surface area contributed by atoms with E-state index in [0.717, 1.165) is 11.3 Å². The first kappa shape index (κ1) is 16.6. The number of hydrogen-bond acceptors (Lipinski definition) is 5. The van der Waals surface area contributed by atoms with Gasteiger partial charge in [-0.25, -0.2) is 22.2 Å². The maximum atomic E-state index is 13.0. The molecule has 1 fully saturated rings. The van der Waals surface area contributed by atoms with Crippen LogP contribution < -0.4 is 5.32 Å². The molecule has 1 amide bonds. The van der Waals surface area contributed by atoms with Gasteiger partial charge in [0.1, 0.15) is 0 Å². The Bertz CT molecular complexity index is 650. The summed E-state index contributed by atoms with van der Waals surface area (Å²) in [7, 11) is 1.33. The molecule has 2 rings (SSSR count). The highest BCUT2D eigenvalue weighted by molar-refractivity contribution is 8.15. The van der Waals surface area contributed by atoms with Crippen LogP contribution in [-0.2, 0) is 13.8 Å². The van der Waals surface area contributed by atoms with Crippen LogP contribution in [0.1, 0.15) is 31.4 Å². The minimum atomic E-state index is -3.91. The van der Waals surface area contributed by atoms with Crippen LogP contribution in [0.15, 0.2) is 4.21 Å². The monoisotopic (exact) mass is 358 g/mol. The van der Waals surface area contributed by atoms with Crippen molar-refractivity contribution in [2.24, 2.45) is 5.92 Å². The molecular weight excluding hydrogens is 346 g/mol. The number of aryl methyl sites for hydroxylation is 1. The Kier molecular flexibility index (Phi) is 4.55. The number of hydrogen-bond donors (Lipinski definition) is 1. The van der Waals surface area contributed by atoms with Gasteiger partial charge in [0.25, 0.3) is 9.05 Å². The zero-order chi connectivity index (χ0) is 15.8. The third-order valence-electron chi connectivity index (χ3n) is 3.29. The standard InChI is InChI=1S/C11H13ClF2N2O3S2/c1-6-9(21(12,18)19)20-10(15-6)16-8(17)7-2-4-11(13,14)5-3-7/h7H,2-5H2,1H3,(H,15,16,17). The Morgan fingerprint density at radius 2 is 2.00 bits per heavy atom. The summed E-state index contributed by atoms with van der Waals surface area (Å²) in [4.78, 5) is 15.9. The lowest BCUT2D eigenvalue weighted by atomic mass is 9.86. The molecule has 0 aliphatic heterocycles. The van der Waals surface area contributed by atoms with Gasteiger partial charge in [0.05, 0.1) is 5.69 Å². The van der Waals surface area contributed by atoms with Crippen molar-refractivity contribution in [3.63, 3.8) is 0 Å². The van der Waals surface area contributed by atoms with Crippen molar-refractivity contribution in [3.8, 4) is 0 Å². The summed E-state index contributed by atoms with van der Waals surface area (Å²) in [6.07, 6.45) is -0.430. The number of rotatable bonds is 3. The fourth-order valence-corrected chi connectivity index (χ4v) is 4.53. The third kappa shape index (κ3) is 4.10. The van der Waals surface area contributed by atoms with Crippen molar-refractivity contribution in [2.45, 2.75) is 42.7 Å². The van der Waals surface area contributed by atoms with Gasteiger partial charge in [-0.1, -0.05) is 11.3 Å². The van der Waals surface area contributed by atoms with Crippen molar-refractivity contribution in [1.29, 1.82) is 0 Å². The average Bonchev–Trinajstić information content (AvgIpc) is 2.69. The lowest BCUT2D eigenvalue weighted by Gasteiger charge is -2.27.